The summed E-state index contributed by atoms with van der Waals surface area (Å²) in [5.74, 6) is 0.294. The van der Waals surface area contributed by atoms with E-state index >= 15 is 0 Å². The number of aryl methyl sites for hydroxylation is 1. The van der Waals surface area contributed by atoms with Crippen LogP contribution >= 0.6 is 0 Å². The Labute approximate surface area is 120 Å². The predicted octanol–water partition coefficient (Wildman–Crippen LogP) is 0.266. The Morgan fingerprint density at radius 3 is 2.60 bits per heavy atom. The van der Waals surface area contributed by atoms with Crippen LogP contribution in [0.4, 0.5) is 0 Å². The number of likely N-dealkylation sites (tertiary alicyclic amines) is 1. The van der Waals surface area contributed by atoms with Gasteiger partial charge in [0.25, 0.3) is 0 Å². The number of piperidine rings is 1. The molecule has 2 rings (SSSR count). The molecule has 0 saturated carbocycles. The second-order valence-corrected chi connectivity index (χ2v) is 5.68. The maximum atomic E-state index is 11.7. The number of nitrogens with zero attached hydrogens (tertiary/aromatic N) is 3. The van der Waals surface area contributed by atoms with E-state index in [2.05, 4.69) is 15.3 Å². The molecule has 0 aromatic carbocycles. The minimum absolute atomic E-state index is 0.0377. The van der Waals surface area contributed by atoms with Gasteiger partial charge in [0.2, 0.25) is 5.91 Å². The molecule has 0 bridgehead atoms. The van der Waals surface area contributed by atoms with Gasteiger partial charge >= 0.3 is 0 Å². The fourth-order valence-electron chi connectivity index (χ4n) is 3.08. The van der Waals surface area contributed by atoms with Crippen LogP contribution in [0.1, 0.15) is 31.4 Å². The number of rotatable bonds is 4. The summed E-state index contributed by atoms with van der Waals surface area (Å²) in [7, 11) is 3.62. The van der Waals surface area contributed by atoms with Crippen molar-refractivity contribution in [3.8, 4) is 0 Å². The van der Waals surface area contributed by atoms with Crippen molar-refractivity contribution in [2.45, 2.75) is 31.8 Å². The summed E-state index contributed by atoms with van der Waals surface area (Å²) in [6.07, 6.45) is 5.70. The number of hydrogen-bond acceptors (Lipinski definition) is 4. The van der Waals surface area contributed by atoms with Gasteiger partial charge in [-0.3, -0.25) is 14.4 Å². The zero-order valence-electron chi connectivity index (χ0n) is 12.5. The van der Waals surface area contributed by atoms with Gasteiger partial charge in [0.05, 0.1) is 12.2 Å². The first kappa shape index (κ1) is 15.0. The Balaban J connectivity index is 2.04. The van der Waals surface area contributed by atoms with Gasteiger partial charge in [-0.1, -0.05) is 0 Å². The Hall–Kier alpha value is -1.40. The average molecular weight is 279 g/mol. The number of aromatic nitrogens is 2. The maximum absolute atomic E-state index is 11.7. The third kappa shape index (κ3) is 3.19. The molecule has 0 radical (unpaired) electrons. The van der Waals surface area contributed by atoms with Crippen LogP contribution in [0.5, 0.6) is 0 Å². The molecule has 1 amide bonds. The molecule has 1 aromatic rings. The minimum atomic E-state index is 0.0377. The molecule has 0 spiro atoms. The largest absolute Gasteiger partial charge is 0.359 e. The van der Waals surface area contributed by atoms with Crippen LogP contribution in [-0.2, 0) is 11.8 Å². The fourth-order valence-corrected chi connectivity index (χ4v) is 3.08. The smallest absolute Gasteiger partial charge is 0.222 e. The molecule has 1 saturated heterocycles. The highest BCUT2D eigenvalue weighted by Gasteiger charge is 2.31. The van der Waals surface area contributed by atoms with Gasteiger partial charge < -0.3 is 11.1 Å². The van der Waals surface area contributed by atoms with Gasteiger partial charge in [0.1, 0.15) is 0 Å². The summed E-state index contributed by atoms with van der Waals surface area (Å²) < 4.78 is 1.81. The predicted molar refractivity (Wildman–Crippen MR) is 78.0 cm³/mol. The van der Waals surface area contributed by atoms with Crippen LogP contribution in [0.2, 0.25) is 0 Å². The molecule has 2 unspecified atom stereocenters. The molecular formula is C14H25N5O. The lowest BCUT2D eigenvalue weighted by atomic mass is 9.92. The van der Waals surface area contributed by atoms with Gasteiger partial charge in [0, 0.05) is 37.8 Å². The van der Waals surface area contributed by atoms with Crippen LogP contribution in [-0.4, -0.2) is 46.8 Å². The van der Waals surface area contributed by atoms with Gasteiger partial charge in [-0.25, -0.2) is 0 Å². The van der Waals surface area contributed by atoms with Crippen LogP contribution in [0.3, 0.4) is 0 Å². The minimum Gasteiger partial charge on any atom is -0.359 e. The summed E-state index contributed by atoms with van der Waals surface area (Å²) in [5, 5.41) is 6.98. The molecule has 20 heavy (non-hydrogen) atoms. The third-order valence-corrected chi connectivity index (χ3v) is 4.10. The SMILES string of the molecule is CNC(=O)C1CCN(C(c2cnn(C)c2)C(C)N)CC1. The van der Waals surface area contributed by atoms with Crippen LogP contribution in [0.25, 0.3) is 0 Å². The molecule has 2 heterocycles. The highest BCUT2D eigenvalue weighted by molar-refractivity contribution is 5.78. The molecule has 6 nitrogen and oxygen atoms in total. The van der Waals surface area contributed by atoms with Crippen molar-refractivity contribution in [1.29, 1.82) is 0 Å². The number of nitrogens with two attached hydrogens (primary N) is 1. The van der Waals surface area contributed by atoms with E-state index in [0.29, 0.717) is 0 Å². The van der Waals surface area contributed by atoms with E-state index in [0.717, 1.165) is 31.5 Å². The van der Waals surface area contributed by atoms with Gasteiger partial charge in [-0.2, -0.15) is 5.10 Å². The van der Waals surface area contributed by atoms with E-state index in [1.54, 1.807) is 7.05 Å². The average Bonchev–Trinajstić information content (AvgIpc) is 2.85. The molecule has 6 heteroatoms. The lowest BCUT2D eigenvalue weighted by Crippen LogP contribution is -2.45. The Morgan fingerprint density at radius 1 is 1.50 bits per heavy atom. The second kappa shape index (κ2) is 6.37. The van der Waals surface area contributed by atoms with Crippen LogP contribution in [0, 0.1) is 5.92 Å². The van der Waals surface area contributed by atoms with Gasteiger partial charge in [-0.05, 0) is 32.9 Å². The first-order valence-electron chi connectivity index (χ1n) is 7.22. The molecule has 112 valence electrons. The lowest BCUT2D eigenvalue weighted by molar-refractivity contribution is -0.126. The van der Waals surface area contributed by atoms with E-state index in [9.17, 15) is 4.79 Å². The fraction of sp³-hybridized carbons (Fsp3) is 0.714. The Morgan fingerprint density at radius 2 is 2.15 bits per heavy atom. The zero-order chi connectivity index (χ0) is 14.7. The maximum Gasteiger partial charge on any atom is 0.222 e. The number of carbonyl (C=O) groups is 1. The van der Waals surface area contributed by atoms with Crippen LogP contribution < -0.4 is 11.1 Å². The molecule has 0 aliphatic carbocycles. The summed E-state index contributed by atoms with van der Waals surface area (Å²) in [5.41, 5.74) is 7.33. The second-order valence-electron chi connectivity index (χ2n) is 5.68. The van der Waals surface area contributed by atoms with E-state index in [1.165, 1.54) is 0 Å². The molecule has 1 aromatic heterocycles. The summed E-state index contributed by atoms with van der Waals surface area (Å²) in [4.78, 5) is 14.1. The first-order chi connectivity index (χ1) is 9.52. The highest BCUT2D eigenvalue weighted by Crippen LogP contribution is 2.28. The van der Waals surface area contributed by atoms with E-state index < -0.39 is 0 Å². The normalized spacial score (nSPS) is 20.6. The van der Waals surface area contributed by atoms with Crippen molar-refractivity contribution >= 4 is 5.91 Å². The van der Waals surface area contributed by atoms with E-state index in [1.807, 2.05) is 31.0 Å². The van der Waals surface area contributed by atoms with Crippen molar-refractivity contribution in [3.63, 3.8) is 0 Å². The number of nitrogens with one attached hydrogen (secondary N) is 1. The van der Waals surface area contributed by atoms with Crippen molar-refractivity contribution in [2.75, 3.05) is 20.1 Å². The molecule has 3 N–H and O–H groups in total. The number of hydrogen-bond donors (Lipinski definition) is 2. The standard InChI is InChI=1S/C14H25N5O/c1-10(15)13(12-8-17-18(3)9-12)19-6-4-11(5-7-19)14(20)16-2/h8-11,13H,4-7,15H2,1-3H3,(H,16,20). The Bertz CT molecular complexity index is 448. The molecule has 1 aliphatic heterocycles. The van der Waals surface area contributed by atoms with Crippen molar-refractivity contribution in [2.24, 2.45) is 18.7 Å². The van der Waals surface area contributed by atoms with E-state index in [-0.39, 0.29) is 23.9 Å². The monoisotopic (exact) mass is 279 g/mol. The summed E-state index contributed by atoms with van der Waals surface area (Å²) in [6.45, 7) is 3.83. The van der Waals surface area contributed by atoms with Gasteiger partial charge in [0.15, 0.2) is 0 Å². The van der Waals surface area contributed by atoms with Crippen molar-refractivity contribution in [3.05, 3.63) is 18.0 Å². The summed E-state index contributed by atoms with van der Waals surface area (Å²) in [6, 6.07) is 0.213. The first-order valence-corrected chi connectivity index (χ1v) is 7.22. The van der Waals surface area contributed by atoms with Crippen molar-refractivity contribution < 1.29 is 4.79 Å². The molecular weight excluding hydrogens is 254 g/mol. The van der Waals surface area contributed by atoms with Crippen LogP contribution in [0.15, 0.2) is 12.4 Å². The van der Waals surface area contributed by atoms with E-state index in [4.69, 9.17) is 5.73 Å². The summed E-state index contributed by atoms with van der Waals surface area (Å²) >= 11 is 0. The Kier molecular flexibility index (Phi) is 4.77. The van der Waals surface area contributed by atoms with Crippen molar-refractivity contribution in [1.82, 2.24) is 20.0 Å². The quantitative estimate of drug-likeness (QED) is 0.829. The highest BCUT2D eigenvalue weighted by atomic mass is 16.1. The molecule has 2 atom stereocenters. The lowest BCUT2D eigenvalue weighted by Gasteiger charge is -2.38. The number of carbonyl (C=O) groups excluding carboxylic acids is 1. The zero-order valence-corrected chi connectivity index (χ0v) is 12.5. The third-order valence-electron chi connectivity index (χ3n) is 4.10. The van der Waals surface area contributed by atoms with Gasteiger partial charge in [-0.15, -0.1) is 0 Å². The number of amides is 1. The molecule has 1 aliphatic rings. The topological polar surface area (TPSA) is 76.2 Å². The molecule has 1 fully saturated rings.